The highest BCUT2D eigenvalue weighted by molar-refractivity contribution is 7.80. The Bertz CT molecular complexity index is 671. The molecule has 4 N–H and O–H groups in total. The molecule has 5 heteroatoms. The van der Waals surface area contributed by atoms with Crippen LogP contribution in [-0.2, 0) is 0 Å². The Kier molecular flexibility index (Phi) is 4.55. The molecule has 0 saturated carbocycles. The summed E-state index contributed by atoms with van der Waals surface area (Å²) in [6.07, 6.45) is 0. The van der Waals surface area contributed by atoms with Crippen molar-refractivity contribution in [3.8, 4) is 5.75 Å². The molecule has 0 spiro atoms. The molecule has 1 amide bonds. The lowest BCUT2D eigenvalue weighted by molar-refractivity contribution is 0.0946. The van der Waals surface area contributed by atoms with Crippen molar-refractivity contribution in [3.05, 3.63) is 65.2 Å². The van der Waals surface area contributed by atoms with Crippen LogP contribution in [0.3, 0.4) is 0 Å². The third kappa shape index (κ3) is 3.58. The third-order valence-electron chi connectivity index (χ3n) is 3.15. The summed E-state index contributed by atoms with van der Waals surface area (Å²) in [4.78, 5) is 12.5. The van der Waals surface area contributed by atoms with Crippen molar-refractivity contribution in [2.75, 3.05) is 0 Å². The molecule has 0 heterocycles. The largest absolute Gasteiger partial charge is 0.508 e. The Hall–Kier alpha value is -2.40. The van der Waals surface area contributed by atoms with Crippen molar-refractivity contribution in [2.24, 2.45) is 5.73 Å². The maximum atomic E-state index is 12.3. The van der Waals surface area contributed by atoms with E-state index in [1.807, 2.05) is 30.3 Å². The first-order chi connectivity index (χ1) is 9.99. The van der Waals surface area contributed by atoms with Gasteiger partial charge in [-0.1, -0.05) is 42.5 Å². The van der Waals surface area contributed by atoms with Crippen LogP contribution in [0.1, 0.15) is 27.5 Å². The van der Waals surface area contributed by atoms with Gasteiger partial charge in [0.25, 0.3) is 5.91 Å². The predicted octanol–water partition coefficient (Wildman–Crippen LogP) is 2.46. The first kappa shape index (κ1) is 15.0. The number of nitrogens with one attached hydrogen (secondary N) is 1. The summed E-state index contributed by atoms with van der Waals surface area (Å²) in [5.41, 5.74) is 7.63. The van der Waals surface area contributed by atoms with Crippen LogP contribution in [0, 0.1) is 6.92 Å². The number of aromatic hydroxyl groups is 1. The van der Waals surface area contributed by atoms with E-state index < -0.39 is 6.04 Å². The van der Waals surface area contributed by atoms with Gasteiger partial charge in [0, 0.05) is 5.56 Å². The SMILES string of the molecule is Cc1cc(C(=O)NC(C(N)=S)c2ccccc2)ccc1O. The summed E-state index contributed by atoms with van der Waals surface area (Å²) in [5.74, 6) is -0.139. The van der Waals surface area contributed by atoms with Crippen LogP contribution in [0.15, 0.2) is 48.5 Å². The lowest BCUT2D eigenvalue weighted by Crippen LogP contribution is -2.36. The van der Waals surface area contributed by atoms with Gasteiger partial charge in [-0.3, -0.25) is 4.79 Å². The van der Waals surface area contributed by atoms with E-state index in [1.54, 1.807) is 19.1 Å². The van der Waals surface area contributed by atoms with Crippen molar-refractivity contribution in [1.82, 2.24) is 5.32 Å². The second kappa shape index (κ2) is 6.37. The number of hydrogen-bond acceptors (Lipinski definition) is 3. The minimum atomic E-state index is -0.525. The number of hydrogen-bond donors (Lipinski definition) is 3. The average Bonchev–Trinajstić information content (AvgIpc) is 2.48. The van der Waals surface area contributed by atoms with E-state index in [0.29, 0.717) is 11.1 Å². The molecule has 4 nitrogen and oxygen atoms in total. The summed E-state index contributed by atoms with van der Waals surface area (Å²) in [7, 11) is 0. The number of nitrogens with two attached hydrogens (primary N) is 1. The van der Waals surface area contributed by atoms with Crippen molar-refractivity contribution >= 4 is 23.1 Å². The Morgan fingerprint density at radius 2 is 1.90 bits per heavy atom. The lowest BCUT2D eigenvalue weighted by Gasteiger charge is -2.18. The summed E-state index contributed by atoms with van der Waals surface area (Å²) in [6, 6.07) is 13.4. The molecule has 0 aliphatic rings. The molecular weight excluding hydrogens is 284 g/mol. The summed E-state index contributed by atoms with van der Waals surface area (Å²) >= 11 is 5.04. The molecule has 2 rings (SSSR count). The van der Waals surface area contributed by atoms with Crippen LogP contribution in [-0.4, -0.2) is 16.0 Å². The number of carbonyl (C=O) groups is 1. The lowest BCUT2D eigenvalue weighted by atomic mass is 10.1. The molecule has 108 valence electrons. The zero-order valence-corrected chi connectivity index (χ0v) is 12.4. The fourth-order valence-corrected chi connectivity index (χ4v) is 2.17. The van der Waals surface area contributed by atoms with Gasteiger partial charge in [-0.2, -0.15) is 0 Å². The zero-order chi connectivity index (χ0) is 15.4. The van der Waals surface area contributed by atoms with Crippen molar-refractivity contribution in [1.29, 1.82) is 0 Å². The van der Waals surface area contributed by atoms with E-state index in [9.17, 15) is 9.90 Å². The number of phenolic OH excluding ortho intramolecular Hbond substituents is 1. The number of benzene rings is 2. The van der Waals surface area contributed by atoms with Gasteiger partial charge < -0.3 is 16.2 Å². The zero-order valence-electron chi connectivity index (χ0n) is 11.5. The highest BCUT2D eigenvalue weighted by atomic mass is 32.1. The molecule has 21 heavy (non-hydrogen) atoms. The second-order valence-electron chi connectivity index (χ2n) is 4.72. The van der Waals surface area contributed by atoms with Gasteiger partial charge in [-0.15, -0.1) is 0 Å². The predicted molar refractivity (Wildman–Crippen MR) is 86.3 cm³/mol. The van der Waals surface area contributed by atoms with Crippen LogP contribution in [0.5, 0.6) is 5.75 Å². The Morgan fingerprint density at radius 1 is 1.24 bits per heavy atom. The molecular formula is C16H16N2O2S. The topological polar surface area (TPSA) is 75.4 Å². The van der Waals surface area contributed by atoms with Gasteiger partial charge in [-0.25, -0.2) is 0 Å². The molecule has 2 aromatic rings. The normalized spacial score (nSPS) is 11.7. The molecule has 2 aromatic carbocycles. The molecule has 0 aliphatic heterocycles. The summed E-state index contributed by atoms with van der Waals surface area (Å²) in [6.45, 7) is 1.73. The first-order valence-corrected chi connectivity index (χ1v) is 6.84. The molecule has 0 aromatic heterocycles. The van der Waals surface area contributed by atoms with Gasteiger partial charge in [0.2, 0.25) is 0 Å². The van der Waals surface area contributed by atoms with E-state index in [-0.39, 0.29) is 16.6 Å². The van der Waals surface area contributed by atoms with Crippen LogP contribution >= 0.6 is 12.2 Å². The van der Waals surface area contributed by atoms with Crippen molar-refractivity contribution in [3.63, 3.8) is 0 Å². The fraction of sp³-hybridized carbons (Fsp3) is 0.125. The molecule has 0 bridgehead atoms. The van der Waals surface area contributed by atoms with Crippen LogP contribution in [0.25, 0.3) is 0 Å². The molecule has 0 radical (unpaired) electrons. The second-order valence-corrected chi connectivity index (χ2v) is 5.19. The van der Waals surface area contributed by atoms with Gasteiger partial charge in [0.1, 0.15) is 16.8 Å². The highest BCUT2D eigenvalue weighted by Gasteiger charge is 2.18. The first-order valence-electron chi connectivity index (χ1n) is 6.44. The number of carbonyl (C=O) groups excluding carboxylic acids is 1. The Balaban J connectivity index is 2.23. The third-order valence-corrected chi connectivity index (χ3v) is 3.39. The van der Waals surface area contributed by atoms with Gasteiger partial charge in [0.05, 0.1) is 0 Å². The van der Waals surface area contributed by atoms with Crippen molar-refractivity contribution in [2.45, 2.75) is 13.0 Å². The quantitative estimate of drug-likeness (QED) is 0.758. The van der Waals surface area contributed by atoms with Gasteiger partial charge >= 0.3 is 0 Å². The minimum absolute atomic E-state index is 0.153. The summed E-state index contributed by atoms with van der Waals surface area (Å²) < 4.78 is 0. The molecule has 1 atom stereocenters. The number of rotatable bonds is 4. The highest BCUT2D eigenvalue weighted by Crippen LogP contribution is 2.18. The van der Waals surface area contributed by atoms with Crippen molar-refractivity contribution < 1.29 is 9.90 Å². The van der Waals surface area contributed by atoms with E-state index >= 15 is 0 Å². The van der Waals surface area contributed by atoms with Crippen LogP contribution in [0.4, 0.5) is 0 Å². The smallest absolute Gasteiger partial charge is 0.252 e. The molecule has 1 unspecified atom stereocenters. The molecule has 0 fully saturated rings. The van der Waals surface area contributed by atoms with Crippen LogP contribution in [0.2, 0.25) is 0 Å². The number of thiocarbonyl (C=S) groups is 1. The number of aryl methyl sites for hydroxylation is 1. The molecule has 0 saturated heterocycles. The number of amides is 1. The van der Waals surface area contributed by atoms with E-state index in [2.05, 4.69) is 5.32 Å². The number of phenols is 1. The van der Waals surface area contributed by atoms with E-state index in [0.717, 1.165) is 5.56 Å². The standard InChI is InChI=1S/C16H16N2O2S/c1-10-9-12(7-8-13(10)19)16(20)18-14(15(17)21)11-5-3-2-4-6-11/h2-9,14,19H,1H3,(H2,17,21)(H,18,20). The Labute approximate surface area is 128 Å². The maximum absolute atomic E-state index is 12.3. The average molecular weight is 300 g/mol. The fourth-order valence-electron chi connectivity index (χ4n) is 1.98. The minimum Gasteiger partial charge on any atom is -0.508 e. The Morgan fingerprint density at radius 3 is 2.48 bits per heavy atom. The monoisotopic (exact) mass is 300 g/mol. The molecule has 0 aliphatic carbocycles. The van der Waals surface area contributed by atoms with E-state index in [1.165, 1.54) is 6.07 Å². The summed E-state index contributed by atoms with van der Waals surface area (Å²) in [5, 5.41) is 12.3. The van der Waals surface area contributed by atoms with Crippen LogP contribution < -0.4 is 11.1 Å². The van der Waals surface area contributed by atoms with E-state index in [4.69, 9.17) is 18.0 Å². The maximum Gasteiger partial charge on any atom is 0.252 e. The van der Waals surface area contributed by atoms with Gasteiger partial charge in [-0.05, 0) is 36.2 Å². The van der Waals surface area contributed by atoms with Gasteiger partial charge in [0.15, 0.2) is 0 Å².